The van der Waals surface area contributed by atoms with Crippen molar-refractivity contribution in [1.82, 2.24) is 14.8 Å². The highest BCUT2D eigenvalue weighted by molar-refractivity contribution is 7.09. The van der Waals surface area contributed by atoms with E-state index in [2.05, 4.69) is 27.4 Å². The van der Waals surface area contributed by atoms with E-state index < -0.39 is 5.82 Å². The van der Waals surface area contributed by atoms with Crippen LogP contribution in [0.5, 0.6) is 0 Å². The lowest BCUT2D eigenvalue weighted by Gasteiger charge is -2.20. The summed E-state index contributed by atoms with van der Waals surface area (Å²) in [5.74, 6) is -0.430. The molecule has 1 amide bonds. The molecular formula is C18H20FN3OS. The fraction of sp³-hybridized carbons (Fsp3) is 0.333. The highest BCUT2D eigenvalue weighted by atomic mass is 32.1. The van der Waals surface area contributed by atoms with Crippen molar-refractivity contribution in [3.05, 3.63) is 58.3 Å². The molecule has 4 nitrogen and oxygen atoms in total. The summed E-state index contributed by atoms with van der Waals surface area (Å²) in [6.45, 7) is 4.30. The number of halogens is 1. The average molecular weight is 345 g/mol. The molecule has 0 unspecified atom stereocenters. The molecule has 126 valence electrons. The molecule has 0 atom stereocenters. The summed E-state index contributed by atoms with van der Waals surface area (Å²) in [5, 5.41) is 2.09. The van der Waals surface area contributed by atoms with Crippen LogP contribution in [0.4, 0.5) is 4.39 Å². The topological polar surface area (TPSA) is 36.4 Å². The number of pyridine rings is 1. The third kappa shape index (κ3) is 4.72. The van der Waals surface area contributed by atoms with Gasteiger partial charge in [-0.3, -0.25) is 14.7 Å². The molecule has 0 saturated carbocycles. The van der Waals surface area contributed by atoms with Crippen molar-refractivity contribution in [1.29, 1.82) is 0 Å². The molecule has 0 aromatic carbocycles. The Morgan fingerprint density at radius 1 is 1.29 bits per heavy atom. The Balaban J connectivity index is 1.54. The molecule has 0 radical (unpaired) electrons. The van der Waals surface area contributed by atoms with E-state index in [0.29, 0.717) is 5.56 Å². The molecule has 0 spiro atoms. The van der Waals surface area contributed by atoms with E-state index >= 15 is 0 Å². The summed E-state index contributed by atoms with van der Waals surface area (Å²) in [7, 11) is 0. The molecule has 2 aromatic rings. The van der Waals surface area contributed by atoms with E-state index in [1.807, 2.05) is 4.90 Å². The van der Waals surface area contributed by atoms with Crippen molar-refractivity contribution in [3.63, 3.8) is 0 Å². The first-order chi connectivity index (χ1) is 11.7. The molecule has 24 heavy (non-hydrogen) atoms. The van der Waals surface area contributed by atoms with Crippen LogP contribution < -0.4 is 0 Å². The molecular weight excluding hydrogens is 325 g/mol. The lowest BCUT2D eigenvalue weighted by molar-refractivity contribution is -0.125. The van der Waals surface area contributed by atoms with Crippen LogP contribution in [0.3, 0.4) is 0 Å². The third-order valence-corrected chi connectivity index (χ3v) is 4.87. The van der Waals surface area contributed by atoms with Crippen LogP contribution in [0, 0.1) is 5.82 Å². The monoisotopic (exact) mass is 345 g/mol. The number of carbonyl (C=O) groups is 1. The second-order valence-corrected chi connectivity index (χ2v) is 6.84. The van der Waals surface area contributed by atoms with E-state index in [-0.39, 0.29) is 5.91 Å². The highest BCUT2D eigenvalue weighted by Gasteiger charge is 2.17. The first-order valence-corrected chi connectivity index (χ1v) is 8.91. The Bertz CT molecular complexity index is 702. The van der Waals surface area contributed by atoms with Gasteiger partial charge in [0, 0.05) is 49.9 Å². The maximum Gasteiger partial charge on any atom is 0.246 e. The number of amides is 1. The minimum absolute atomic E-state index is 0.0303. The number of hydrogen-bond donors (Lipinski definition) is 0. The quantitative estimate of drug-likeness (QED) is 0.799. The van der Waals surface area contributed by atoms with Crippen molar-refractivity contribution in [2.45, 2.75) is 13.0 Å². The smallest absolute Gasteiger partial charge is 0.246 e. The van der Waals surface area contributed by atoms with E-state index in [0.717, 1.165) is 45.3 Å². The van der Waals surface area contributed by atoms with Crippen molar-refractivity contribution in [3.8, 4) is 0 Å². The van der Waals surface area contributed by atoms with Crippen molar-refractivity contribution in [2.75, 3.05) is 26.2 Å². The van der Waals surface area contributed by atoms with Gasteiger partial charge in [-0.05, 0) is 35.6 Å². The molecule has 0 bridgehead atoms. The van der Waals surface area contributed by atoms with E-state index in [1.165, 1.54) is 23.2 Å². The number of thiophene rings is 1. The van der Waals surface area contributed by atoms with Gasteiger partial charge in [-0.25, -0.2) is 4.39 Å². The van der Waals surface area contributed by atoms with Gasteiger partial charge >= 0.3 is 0 Å². The van der Waals surface area contributed by atoms with Gasteiger partial charge in [-0.2, -0.15) is 0 Å². The van der Waals surface area contributed by atoms with Gasteiger partial charge in [0.1, 0.15) is 5.82 Å². The Morgan fingerprint density at radius 2 is 2.21 bits per heavy atom. The maximum atomic E-state index is 13.1. The summed E-state index contributed by atoms with van der Waals surface area (Å²) in [5.41, 5.74) is 0.595. The molecule has 6 heteroatoms. The molecule has 1 saturated heterocycles. The Labute approximate surface area is 145 Å². The summed E-state index contributed by atoms with van der Waals surface area (Å²) < 4.78 is 13.1. The van der Waals surface area contributed by atoms with Gasteiger partial charge in [-0.1, -0.05) is 6.07 Å². The zero-order valence-corrected chi connectivity index (χ0v) is 14.2. The zero-order valence-electron chi connectivity index (χ0n) is 13.4. The molecule has 0 aliphatic carbocycles. The molecule has 0 N–H and O–H groups in total. The van der Waals surface area contributed by atoms with Crippen LogP contribution in [0.15, 0.2) is 42.0 Å². The van der Waals surface area contributed by atoms with E-state index in [9.17, 15) is 9.18 Å². The number of carbonyl (C=O) groups excluding carboxylic acids is 1. The van der Waals surface area contributed by atoms with Gasteiger partial charge in [-0.15, -0.1) is 11.3 Å². The number of aromatic nitrogens is 1. The van der Waals surface area contributed by atoms with Crippen LogP contribution >= 0.6 is 11.3 Å². The first kappa shape index (κ1) is 16.8. The molecule has 2 aromatic heterocycles. The molecule has 1 aliphatic heterocycles. The first-order valence-electron chi connectivity index (χ1n) is 8.03. The van der Waals surface area contributed by atoms with Crippen LogP contribution in [0.1, 0.15) is 16.9 Å². The van der Waals surface area contributed by atoms with Crippen LogP contribution in [0.25, 0.3) is 6.08 Å². The van der Waals surface area contributed by atoms with Gasteiger partial charge in [0.05, 0.1) is 6.20 Å². The van der Waals surface area contributed by atoms with Crippen molar-refractivity contribution >= 4 is 23.3 Å². The van der Waals surface area contributed by atoms with Crippen LogP contribution in [-0.2, 0) is 11.3 Å². The summed E-state index contributed by atoms with van der Waals surface area (Å²) in [6, 6.07) is 5.58. The van der Waals surface area contributed by atoms with Gasteiger partial charge in [0.25, 0.3) is 0 Å². The summed E-state index contributed by atoms with van der Waals surface area (Å²) >= 11 is 1.77. The Morgan fingerprint density at radius 3 is 3.00 bits per heavy atom. The minimum Gasteiger partial charge on any atom is -0.338 e. The second kappa shape index (κ2) is 8.17. The van der Waals surface area contributed by atoms with Gasteiger partial charge in [0.15, 0.2) is 0 Å². The van der Waals surface area contributed by atoms with Crippen LogP contribution in [-0.4, -0.2) is 46.9 Å². The highest BCUT2D eigenvalue weighted by Crippen LogP contribution is 2.14. The molecule has 3 rings (SSSR count). The number of nitrogens with zero attached hydrogens (tertiary/aromatic N) is 3. The summed E-state index contributed by atoms with van der Waals surface area (Å²) in [4.78, 5) is 21.7. The van der Waals surface area contributed by atoms with Crippen LogP contribution in [0.2, 0.25) is 0 Å². The van der Waals surface area contributed by atoms with E-state index in [4.69, 9.17) is 0 Å². The SMILES string of the molecule is O=C(/C=C\c1cncc(F)c1)N1CCCN(Cc2cccs2)CC1. The van der Waals surface area contributed by atoms with E-state index in [1.54, 1.807) is 17.4 Å². The average Bonchev–Trinajstić information content (AvgIpc) is 2.97. The number of rotatable bonds is 4. The summed E-state index contributed by atoms with van der Waals surface area (Å²) in [6.07, 6.45) is 6.78. The largest absolute Gasteiger partial charge is 0.338 e. The normalized spacial score (nSPS) is 16.5. The third-order valence-electron chi connectivity index (χ3n) is 4.00. The lowest BCUT2D eigenvalue weighted by atomic mass is 10.2. The maximum absolute atomic E-state index is 13.1. The van der Waals surface area contributed by atoms with Gasteiger partial charge in [0.2, 0.25) is 5.91 Å². The zero-order chi connectivity index (χ0) is 16.8. The Hall–Kier alpha value is -2.05. The van der Waals surface area contributed by atoms with Crippen molar-refractivity contribution < 1.29 is 9.18 Å². The molecule has 3 heterocycles. The molecule has 1 fully saturated rings. The predicted octanol–water partition coefficient (Wildman–Crippen LogP) is 3.03. The second-order valence-electron chi connectivity index (χ2n) is 5.80. The molecule has 1 aliphatic rings. The lowest BCUT2D eigenvalue weighted by Crippen LogP contribution is -2.33. The predicted molar refractivity (Wildman–Crippen MR) is 94.0 cm³/mol. The fourth-order valence-electron chi connectivity index (χ4n) is 2.76. The number of hydrogen-bond acceptors (Lipinski definition) is 4. The standard InChI is InChI=1S/C18H20FN3OS/c19-16-11-15(12-20-13-16)4-5-18(23)22-7-2-6-21(8-9-22)14-17-3-1-10-24-17/h1,3-5,10-13H,2,6-9,14H2/b5-4-. The minimum atomic E-state index is -0.399. The fourth-order valence-corrected chi connectivity index (χ4v) is 3.51. The van der Waals surface area contributed by atoms with Gasteiger partial charge < -0.3 is 4.90 Å². The Kier molecular flexibility index (Phi) is 5.72. The van der Waals surface area contributed by atoms with Crippen molar-refractivity contribution in [2.24, 2.45) is 0 Å².